The van der Waals surface area contributed by atoms with Crippen molar-refractivity contribution in [3.05, 3.63) is 77.9 Å². The molecule has 0 aliphatic carbocycles. The minimum absolute atomic E-state index is 0.368. The SMILES string of the molecule is CCc1nc(-c2ccc(OC)cc2)c(-c2ccnc(S(C)(N)(=O)c3ccccc3)c2)s1. The molecule has 2 aromatic heterocycles. The minimum Gasteiger partial charge on any atom is -0.497 e. The molecule has 5 nitrogen and oxygen atoms in total. The summed E-state index contributed by atoms with van der Waals surface area (Å²) in [5.74, 6) is 0.794. The molecule has 31 heavy (non-hydrogen) atoms. The van der Waals surface area contributed by atoms with Crippen molar-refractivity contribution < 1.29 is 8.95 Å². The van der Waals surface area contributed by atoms with Gasteiger partial charge in [-0.2, -0.15) is 0 Å². The van der Waals surface area contributed by atoms with Crippen LogP contribution >= 0.6 is 11.3 Å². The van der Waals surface area contributed by atoms with Crippen molar-refractivity contribution >= 4 is 20.6 Å². The smallest absolute Gasteiger partial charge is 0.122 e. The summed E-state index contributed by atoms with van der Waals surface area (Å²) in [5, 5.41) is 7.93. The summed E-state index contributed by atoms with van der Waals surface area (Å²) in [6.07, 6.45) is 4.08. The molecule has 4 rings (SSSR count). The van der Waals surface area contributed by atoms with E-state index >= 15 is 0 Å². The Morgan fingerprint density at radius 2 is 1.74 bits per heavy atom. The van der Waals surface area contributed by atoms with E-state index in [1.54, 1.807) is 43.0 Å². The summed E-state index contributed by atoms with van der Waals surface area (Å²) >= 11 is 1.63. The molecule has 0 aliphatic rings. The van der Waals surface area contributed by atoms with E-state index in [1.807, 2.05) is 54.6 Å². The average Bonchev–Trinajstić information content (AvgIpc) is 3.24. The summed E-state index contributed by atoms with van der Waals surface area (Å²) in [6.45, 7) is 2.09. The van der Waals surface area contributed by atoms with Crippen LogP contribution in [0.4, 0.5) is 0 Å². The maximum Gasteiger partial charge on any atom is 0.122 e. The zero-order valence-electron chi connectivity index (χ0n) is 17.7. The molecule has 0 aliphatic heterocycles. The monoisotopic (exact) mass is 451 g/mol. The summed E-state index contributed by atoms with van der Waals surface area (Å²) in [4.78, 5) is 10.8. The zero-order valence-corrected chi connectivity index (χ0v) is 19.4. The Labute approximate surface area is 186 Å². The van der Waals surface area contributed by atoms with Crippen LogP contribution in [0.1, 0.15) is 11.9 Å². The van der Waals surface area contributed by atoms with Gasteiger partial charge in [-0.1, -0.05) is 25.1 Å². The molecule has 0 unspecified atom stereocenters. The molecule has 0 amide bonds. The Bertz CT molecular complexity index is 1280. The van der Waals surface area contributed by atoms with E-state index in [0.29, 0.717) is 9.92 Å². The van der Waals surface area contributed by atoms with Crippen LogP contribution in [-0.4, -0.2) is 27.5 Å². The maximum atomic E-state index is 14.0. The van der Waals surface area contributed by atoms with Crippen LogP contribution in [-0.2, 0) is 15.7 Å². The average molecular weight is 452 g/mol. The Morgan fingerprint density at radius 1 is 1.03 bits per heavy atom. The van der Waals surface area contributed by atoms with Crippen LogP contribution in [0, 0.1) is 0 Å². The van der Waals surface area contributed by atoms with E-state index in [0.717, 1.165) is 38.9 Å². The highest BCUT2D eigenvalue weighted by atomic mass is 32.3. The van der Waals surface area contributed by atoms with Gasteiger partial charge in [0.2, 0.25) is 0 Å². The molecule has 4 aromatic rings. The highest BCUT2D eigenvalue weighted by Crippen LogP contribution is 2.40. The van der Waals surface area contributed by atoms with E-state index < -0.39 is 9.25 Å². The van der Waals surface area contributed by atoms with Crippen molar-refractivity contribution in [2.75, 3.05) is 13.4 Å². The second-order valence-electron chi connectivity index (χ2n) is 7.47. The normalized spacial score (nSPS) is 12.8. The van der Waals surface area contributed by atoms with Crippen LogP contribution in [0.15, 0.2) is 82.8 Å². The number of ether oxygens (including phenoxy) is 1. The van der Waals surface area contributed by atoms with Gasteiger partial charge in [0, 0.05) is 32.2 Å². The van der Waals surface area contributed by atoms with Gasteiger partial charge < -0.3 is 4.74 Å². The van der Waals surface area contributed by atoms with Crippen LogP contribution in [0.3, 0.4) is 0 Å². The Kier molecular flexibility index (Phi) is 5.51. The van der Waals surface area contributed by atoms with E-state index in [9.17, 15) is 4.21 Å². The fourth-order valence-electron chi connectivity index (χ4n) is 3.36. The summed E-state index contributed by atoms with van der Waals surface area (Å²) < 4.78 is 19.2. The van der Waals surface area contributed by atoms with E-state index in [-0.39, 0.29) is 0 Å². The number of hydrogen-bond acceptors (Lipinski definition) is 5. The number of nitrogens with two attached hydrogens (primary N) is 1. The van der Waals surface area contributed by atoms with Crippen molar-refractivity contribution in [3.8, 4) is 27.4 Å². The molecule has 0 atom stereocenters. The first-order valence-electron chi connectivity index (χ1n) is 9.91. The van der Waals surface area contributed by atoms with Gasteiger partial charge in [0.25, 0.3) is 0 Å². The number of rotatable bonds is 6. The first kappa shape index (κ1) is 21.4. The molecule has 2 N–H and O–H groups in total. The molecule has 7 heteroatoms. The van der Waals surface area contributed by atoms with Crippen molar-refractivity contribution in [1.29, 1.82) is 0 Å². The number of aryl methyl sites for hydroxylation is 1. The first-order chi connectivity index (χ1) is 14.8. The van der Waals surface area contributed by atoms with Crippen molar-refractivity contribution in [1.82, 2.24) is 9.97 Å². The van der Waals surface area contributed by atoms with Crippen LogP contribution < -0.4 is 9.88 Å². The summed E-state index contributed by atoms with van der Waals surface area (Å²) in [6, 6.07) is 20.7. The van der Waals surface area contributed by atoms with E-state index in [4.69, 9.17) is 14.9 Å². The third-order valence-electron chi connectivity index (χ3n) is 5.18. The van der Waals surface area contributed by atoms with E-state index in [1.165, 1.54) is 0 Å². The Hall–Kier alpha value is -2.87. The second-order valence-corrected chi connectivity index (χ2v) is 12.3. The Balaban J connectivity index is 1.85. The lowest BCUT2D eigenvalue weighted by Crippen LogP contribution is -2.42. The van der Waals surface area contributed by atoms with Crippen LogP contribution in [0.5, 0.6) is 5.75 Å². The second kappa shape index (κ2) is 8.00. The quantitative estimate of drug-likeness (QED) is 0.438. The standard InChI is InChI=1S/C24H25N3O2S2/c1-4-21-27-23(17-10-12-19(29-2)13-11-17)24(30-21)18-14-15-26-22(16-18)31(3,25,28)20-8-6-5-7-9-20/h5-16H,4H2,1-3H3,(H2,25,28). The number of thiazole rings is 1. The fraction of sp³-hybridized carbons (Fsp3) is 0.167. The molecular formula is C24H25N3O2S2. The molecular weight excluding hydrogens is 426 g/mol. The van der Waals surface area contributed by atoms with Crippen molar-refractivity contribution in [2.24, 2.45) is 5.14 Å². The predicted octanol–water partition coefficient (Wildman–Crippen LogP) is 5.18. The Morgan fingerprint density at radius 3 is 2.39 bits per heavy atom. The molecule has 0 saturated heterocycles. The number of nitrogens with zero attached hydrogens (tertiary/aromatic N) is 2. The number of methoxy groups -OCH3 is 1. The predicted molar refractivity (Wildman–Crippen MR) is 128 cm³/mol. The van der Waals surface area contributed by atoms with Crippen molar-refractivity contribution in [3.63, 3.8) is 0 Å². The topological polar surface area (TPSA) is 78.1 Å². The summed E-state index contributed by atoms with van der Waals surface area (Å²) in [5.41, 5.74) is 2.78. The maximum absolute atomic E-state index is 14.0. The van der Waals surface area contributed by atoms with Gasteiger partial charge >= 0.3 is 0 Å². The minimum atomic E-state index is -3.82. The van der Waals surface area contributed by atoms with Gasteiger partial charge in [0.05, 0.1) is 22.7 Å². The van der Waals surface area contributed by atoms with Gasteiger partial charge in [-0.25, -0.2) is 9.97 Å². The zero-order chi connectivity index (χ0) is 22.1. The number of benzene rings is 2. The van der Waals surface area contributed by atoms with E-state index in [2.05, 4.69) is 11.9 Å². The number of hydrogen-bond donors (Lipinski definition) is 1. The molecule has 0 radical (unpaired) electrons. The third-order valence-corrected chi connectivity index (χ3v) is 9.14. The molecule has 0 fully saturated rings. The lowest BCUT2D eigenvalue weighted by atomic mass is 10.1. The molecule has 2 aromatic carbocycles. The van der Waals surface area contributed by atoms with Gasteiger partial charge in [-0.3, -0.25) is 9.35 Å². The molecule has 0 saturated carbocycles. The van der Waals surface area contributed by atoms with Crippen LogP contribution in [0.25, 0.3) is 21.7 Å². The molecule has 2 heterocycles. The lowest BCUT2D eigenvalue weighted by molar-refractivity contribution is 0.415. The first-order valence-corrected chi connectivity index (χ1v) is 13.2. The van der Waals surface area contributed by atoms with Gasteiger partial charge in [0.15, 0.2) is 0 Å². The van der Waals surface area contributed by atoms with Gasteiger partial charge in [-0.05, 0) is 60.5 Å². The lowest BCUT2D eigenvalue weighted by Gasteiger charge is -2.33. The fourth-order valence-corrected chi connectivity index (χ4v) is 6.20. The highest BCUT2D eigenvalue weighted by molar-refractivity contribution is 8.17. The number of pyridine rings is 1. The summed E-state index contributed by atoms with van der Waals surface area (Å²) in [7, 11) is -2.17. The van der Waals surface area contributed by atoms with Crippen molar-refractivity contribution in [2.45, 2.75) is 23.3 Å². The number of aromatic nitrogens is 2. The molecule has 0 bridgehead atoms. The van der Waals surface area contributed by atoms with Crippen LogP contribution in [0.2, 0.25) is 0 Å². The third kappa shape index (κ3) is 4.04. The molecule has 0 spiro atoms. The highest BCUT2D eigenvalue weighted by Gasteiger charge is 2.33. The molecule has 160 valence electrons. The van der Waals surface area contributed by atoms with Gasteiger partial charge in [-0.15, -0.1) is 11.3 Å². The van der Waals surface area contributed by atoms with Gasteiger partial charge in [0.1, 0.15) is 10.8 Å². The largest absolute Gasteiger partial charge is 0.497 e.